The Balaban J connectivity index is 2.18. The molecular weight excluding hydrogens is 434 g/mol. The predicted octanol–water partition coefficient (Wildman–Crippen LogP) is 1.25. The lowest BCUT2D eigenvalue weighted by Gasteiger charge is -2.25. The fraction of sp³-hybridized carbons (Fsp3) is 0.318. The number of anilines is 1. The van der Waals surface area contributed by atoms with Gasteiger partial charge in [-0.15, -0.1) is 0 Å². The minimum atomic E-state index is -3.37. The van der Waals surface area contributed by atoms with Gasteiger partial charge in [0.1, 0.15) is 6.61 Å². The second kappa shape index (κ2) is 10.9. The number of nitrogens with one attached hydrogen (secondary N) is 2. The van der Waals surface area contributed by atoms with Gasteiger partial charge in [-0.25, -0.2) is 8.42 Å². The molecule has 2 aromatic rings. The Labute approximate surface area is 187 Å². The standard InChI is InChI=1S/C22H27N3O6S/c1-4-13-32(30,31)24-18-11-9-16(10-12-18)15-5-7-17(8-6-15)22(29)25(3)20(19(27)14-26)21(28)23-2/h5-12,20,24,26H,4,13-14H2,1-3H3,(H,23,28). The minimum absolute atomic E-state index is 0.0450. The first-order valence-electron chi connectivity index (χ1n) is 9.96. The van der Waals surface area contributed by atoms with Gasteiger partial charge in [-0.05, 0) is 41.8 Å². The monoisotopic (exact) mass is 461 g/mol. The number of nitrogens with zero attached hydrogens (tertiary/aromatic N) is 1. The van der Waals surface area contributed by atoms with E-state index in [1.54, 1.807) is 55.5 Å². The highest BCUT2D eigenvalue weighted by Gasteiger charge is 2.32. The first-order valence-corrected chi connectivity index (χ1v) is 11.6. The van der Waals surface area contributed by atoms with Gasteiger partial charge in [0.25, 0.3) is 5.91 Å². The molecule has 3 N–H and O–H groups in total. The summed E-state index contributed by atoms with van der Waals surface area (Å²) in [5, 5.41) is 11.4. The van der Waals surface area contributed by atoms with Crippen LogP contribution >= 0.6 is 0 Å². The summed E-state index contributed by atoms with van der Waals surface area (Å²) in [5.74, 6) is -1.98. The molecule has 0 heterocycles. The van der Waals surface area contributed by atoms with Gasteiger partial charge in [0.2, 0.25) is 15.9 Å². The summed E-state index contributed by atoms with van der Waals surface area (Å²) in [6.07, 6.45) is 0.520. The molecule has 32 heavy (non-hydrogen) atoms. The maximum absolute atomic E-state index is 12.8. The van der Waals surface area contributed by atoms with Crippen molar-refractivity contribution in [2.45, 2.75) is 19.4 Å². The average Bonchev–Trinajstić information content (AvgIpc) is 2.78. The van der Waals surface area contributed by atoms with Gasteiger partial charge in [0, 0.05) is 25.3 Å². The lowest BCUT2D eigenvalue weighted by atomic mass is 10.0. The second-order valence-electron chi connectivity index (χ2n) is 7.13. The number of sulfonamides is 1. The Morgan fingerprint density at radius 3 is 2.00 bits per heavy atom. The van der Waals surface area contributed by atoms with Crippen LogP contribution in [0.5, 0.6) is 0 Å². The van der Waals surface area contributed by atoms with E-state index >= 15 is 0 Å². The first-order chi connectivity index (χ1) is 15.1. The molecule has 0 fully saturated rings. The predicted molar refractivity (Wildman–Crippen MR) is 122 cm³/mol. The Kier molecular flexibility index (Phi) is 8.50. The molecule has 2 aromatic carbocycles. The molecule has 172 valence electrons. The van der Waals surface area contributed by atoms with E-state index in [1.165, 1.54) is 14.1 Å². The summed E-state index contributed by atoms with van der Waals surface area (Å²) >= 11 is 0. The normalized spacial score (nSPS) is 12.0. The van der Waals surface area contributed by atoms with Crippen molar-refractivity contribution in [1.29, 1.82) is 0 Å². The molecule has 0 saturated heterocycles. The van der Waals surface area contributed by atoms with Crippen molar-refractivity contribution in [2.75, 3.05) is 31.2 Å². The van der Waals surface area contributed by atoms with Crippen LogP contribution < -0.4 is 10.0 Å². The molecule has 0 radical (unpaired) electrons. The van der Waals surface area contributed by atoms with Gasteiger partial charge in [0.15, 0.2) is 11.8 Å². The van der Waals surface area contributed by atoms with Crippen LogP contribution in [0.4, 0.5) is 5.69 Å². The lowest BCUT2D eigenvalue weighted by Crippen LogP contribution is -2.52. The third kappa shape index (κ3) is 6.14. The SMILES string of the molecule is CCCS(=O)(=O)Nc1ccc(-c2ccc(C(=O)N(C)C(C(=O)CO)C(=O)NC)cc2)cc1. The largest absolute Gasteiger partial charge is 0.388 e. The molecule has 9 nitrogen and oxygen atoms in total. The second-order valence-corrected chi connectivity index (χ2v) is 8.97. The van der Waals surface area contributed by atoms with E-state index in [-0.39, 0.29) is 11.3 Å². The average molecular weight is 462 g/mol. The lowest BCUT2D eigenvalue weighted by molar-refractivity contribution is -0.135. The van der Waals surface area contributed by atoms with Gasteiger partial charge in [0.05, 0.1) is 5.75 Å². The van der Waals surface area contributed by atoms with Gasteiger partial charge >= 0.3 is 0 Å². The summed E-state index contributed by atoms with van der Waals surface area (Å²) in [7, 11) is -0.707. The summed E-state index contributed by atoms with van der Waals surface area (Å²) in [5.41, 5.74) is 2.33. The quantitative estimate of drug-likeness (QED) is 0.456. The number of likely N-dealkylation sites (N-methyl/N-ethyl adjacent to an activating group) is 2. The number of carbonyl (C=O) groups excluding carboxylic acids is 3. The molecule has 0 saturated carbocycles. The Bertz CT molecular complexity index is 1050. The van der Waals surface area contributed by atoms with Crippen LogP contribution in [0.3, 0.4) is 0 Å². The van der Waals surface area contributed by atoms with Crippen molar-refractivity contribution in [3.63, 3.8) is 0 Å². The first kappa shape index (κ1) is 25.0. The van der Waals surface area contributed by atoms with E-state index in [9.17, 15) is 22.8 Å². The highest BCUT2D eigenvalue weighted by molar-refractivity contribution is 7.92. The van der Waals surface area contributed by atoms with Crippen LogP contribution in [0.1, 0.15) is 23.7 Å². The molecule has 0 aromatic heterocycles. The molecule has 0 aliphatic rings. The molecule has 0 aliphatic carbocycles. The Morgan fingerprint density at radius 2 is 1.53 bits per heavy atom. The number of hydrogen-bond acceptors (Lipinski definition) is 6. The van der Waals surface area contributed by atoms with Crippen molar-refractivity contribution in [3.05, 3.63) is 54.1 Å². The van der Waals surface area contributed by atoms with E-state index in [0.29, 0.717) is 12.1 Å². The van der Waals surface area contributed by atoms with Crippen molar-refractivity contribution < 1.29 is 27.9 Å². The molecule has 2 rings (SSSR count). The number of amides is 2. The minimum Gasteiger partial charge on any atom is -0.388 e. The van der Waals surface area contributed by atoms with Crippen molar-refractivity contribution in [3.8, 4) is 11.1 Å². The number of hydrogen-bond donors (Lipinski definition) is 3. The highest BCUT2D eigenvalue weighted by Crippen LogP contribution is 2.23. The van der Waals surface area contributed by atoms with Gasteiger partial charge in [-0.1, -0.05) is 31.2 Å². The van der Waals surface area contributed by atoms with Gasteiger partial charge < -0.3 is 15.3 Å². The van der Waals surface area contributed by atoms with Gasteiger partial charge in [-0.3, -0.25) is 19.1 Å². The Hall–Kier alpha value is -3.24. The van der Waals surface area contributed by atoms with Crippen LogP contribution in [0.2, 0.25) is 0 Å². The smallest absolute Gasteiger partial charge is 0.254 e. The van der Waals surface area contributed by atoms with Crippen LogP contribution in [0.25, 0.3) is 11.1 Å². The number of benzene rings is 2. The van der Waals surface area contributed by atoms with E-state index in [2.05, 4.69) is 10.0 Å². The molecule has 0 aliphatic heterocycles. The zero-order valence-corrected chi connectivity index (χ0v) is 19.0. The number of Topliss-reactive ketones (excluding diaryl/α,β-unsaturated/α-hetero) is 1. The number of rotatable bonds is 10. The summed E-state index contributed by atoms with van der Waals surface area (Å²) < 4.78 is 26.3. The maximum Gasteiger partial charge on any atom is 0.254 e. The third-order valence-corrected chi connectivity index (χ3v) is 6.25. The topological polar surface area (TPSA) is 133 Å². The van der Waals surface area contributed by atoms with Crippen LogP contribution in [-0.4, -0.2) is 68.5 Å². The van der Waals surface area contributed by atoms with Crippen LogP contribution in [-0.2, 0) is 19.6 Å². The molecule has 0 spiro atoms. The number of aliphatic hydroxyl groups excluding tert-OH is 1. The van der Waals surface area contributed by atoms with E-state index in [4.69, 9.17) is 5.11 Å². The van der Waals surface area contributed by atoms with Crippen LogP contribution in [0.15, 0.2) is 48.5 Å². The number of ketones is 1. The molecule has 10 heteroatoms. The highest BCUT2D eigenvalue weighted by atomic mass is 32.2. The van der Waals surface area contributed by atoms with Crippen molar-refractivity contribution in [1.82, 2.24) is 10.2 Å². The third-order valence-electron chi connectivity index (χ3n) is 4.76. The van der Waals surface area contributed by atoms with E-state index in [1.807, 2.05) is 0 Å². The number of aliphatic hydroxyl groups is 1. The zero-order valence-electron chi connectivity index (χ0n) is 18.2. The fourth-order valence-corrected chi connectivity index (χ4v) is 4.25. The zero-order chi connectivity index (χ0) is 23.9. The molecule has 0 bridgehead atoms. The summed E-state index contributed by atoms with van der Waals surface area (Å²) in [6, 6.07) is 11.9. The van der Waals surface area contributed by atoms with E-state index < -0.39 is 40.3 Å². The Morgan fingerprint density at radius 1 is 1.00 bits per heavy atom. The van der Waals surface area contributed by atoms with Gasteiger partial charge in [-0.2, -0.15) is 0 Å². The molecule has 1 unspecified atom stereocenters. The number of carbonyl (C=O) groups is 3. The van der Waals surface area contributed by atoms with Crippen LogP contribution in [0, 0.1) is 0 Å². The van der Waals surface area contributed by atoms with Crippen molar-refractivity contribution in [2.24, 2.45) is 0 Å². The fourth-order valence-electron chi connectivity index (χ4n) is 3.12. The maximum atomic E-state index is 12.8. The van der Waals surface area contributed by atoms with E-state index in [0.717, 1.165) is 16.0 Å². The summed E-state index contributed by atoms with van der Waals surface area (Å²) in [6.45, 7) is 0.928. The molecule has 1 atom stereocenters. The molecular formula is C22H27N3O6S. The molecule has 2 amide bonds. The van der Waals surface area contributed by atoms with Crippen molar-refractivity contribution >= 4 is 33.3 Å². The summed E-state index contributed by atoms with van der Waals surface area (Å²) in [4.78, 5) is 37.7.